The Hall–Kier alpha value is -2.94. The molecule has 0 aliphatic heterocycles. The molecule has 22 heavy (non-hydrogen) atoms. The second-order valence-electron chi connectivity index (χ2n) is 5.30. The molecular formula is C19H15N3. The maximum atomic E-state index is 4.68. The third-order valence-electron chi connectivity index (χ3n) is 3.74. The molecule has 2 heterocycles. The maximum Gasteiger partial charge on any atom is 0.0959 e. The molecule has 0 N–H and O–H groups in total. The van der Waals surface area contributed by atoms with E-state index < -0.39 is 0 Å². The Kier molecular flexibility index (Phi) is 2.97. The van der Waals surface area contributed by atoms with Gasteiger partial charge in [0.1, 0.15) is 0 Å². The molecule has 0 atom stereocenters. The zero-order chi connectivity index (χ0) is 14.9. The third kappa shape index (κ3) is 2.07. The van der Waals surface area contributed by atoms with Crippen LogP contribution in [0.4, 0.5) is 0 Å². The van der Waals surface area contributed by atoms with Gasteiger partial charge in [-0.25, -0.2) is 4.68 Å². The van der Waals surface area contributed by atoms with E-state index in [1.807, 2.05) is 48.1 Å². The molecule has 3 nitrogen and oxygen atoms in total. The van der Waals surface area contributed by atoms with Crippen LogP contribution in [0.3, 0.4) is 0 Å². The highest BCUT2D eigenvalue weighted by molar-refractivity contribution is 5.87. The van der Waals surface area contributed by atoms with E-state index in [4.69, 9.17) is 0 Å². The van der Waals surface area contributed by atoms with Crippen LogP contribution in [0.2, 0.25) is 0 Å². The van der Waals surface area contributed by atoms with E-state index in [-0.39, 0.29) is 0 Å². The van der Waals surface area contributed by atoms with E-state index in [0.29, 0.717) is 0 Å². The number of rotatable bonds is 2. The molecule has 3 heteroatoms. The predicted molar refractivity (Wildman–Crippen MR) is 89.0 cm³/mol. The fourth-order valence-electron chi connectivity index (χ4n) is 2.76. The van der Waals surface area contributed by atoms with Gasteiger partial charge in [0.15, 0.2) is 0 Å². The fraction of sp³-hybridized carbons (Fsp3) is 0.0526. The second kappa shape index (κ2) is 5.11. The largest absolute Gasteiger partial charge is 0.254 e. The summed E-state index contributed by atoms with van der Waals surface area (Å²) < 4.78 is 1.99. The van der Waals surface area contributed by atoms with Crippen molar-refractivity contribution >= 4 is 10.9 Å². The molecule has 0 aliphatic carbocycles. The normalized spacial score (nSPS) is 11.0. The third-order valence-corrected chi connectivity index (χ3v) is 3.74. The molecular weight excluding hydrogens is 270 g/mol. The summed E-state index contributed by atoms with van der Waals surface area (Å²) in [6.45, 7) is 2.02. The molecule has 0 fully saturated rings. The highest BCUT2D eigenvalue weighted by Gasteiger charge is 2.12. The molecule has 4 aromatic rings. The van der Waals surface area contributed by atoms with Crippen LogP contribution >= 0.6 is 0 Å². The number of hydrogen-bond donors (Lipinski definition) is 0. The number of benzene rings is 2. The van der Waals surface area contributed by atoms with Crippen LogP contribution in [-0.2, 0) is 0 Å². The standard InChI is InChI=1S/C19H15N3/c1-14-13-18(15-7-3-2-4-8-15)22(21-14)17-11-5-9-16-10-6-12-20-19(16)17/h2-13H,1H3. The second-order valence-corrected chi connectivity index (χ2v) is 5.30. The lowest BCUT2D eigenvalue weighted by molar-refractivity contribution is 0.873. The summed E-state index contributed by atoms with van der Waals surface area (Å²) >= 11 is 0. The van der Waals surface area contributed by atoms with Gasteiger partial charge in [-0.3, -0.25) is 4.98 Å². The Morgan fingerprint density at radius 1 is 0.864 bits per heavy atom. The van der Waals surface area contributed by atoms with Gasteiger partial charge in [-0.05, 0) is 25.1 Å². The summed E-state index contributed by atoms with van der Waals surface area (Å²) in [4.78, 5) is 4.54. The predicted octanol–water partition coefficient (Wildman–Crippen LogP) is 4.40. The minimum Gasteiger partial charge on any atom is -0.254 e. The lowest BCUT2D eigenvalue weighted by Gasteiger charge is -2.10. The first-order valence-corrected chi connectivity index (χ1v) is 7.29. The van der Waals surface area contributed by atoms with Gasteiger partial charge in [0, 0.05) is 17.1 Å². The Labute approximate surface area is 128 Å². The van der Waals surface area contributed by atoms with E-state index >= 15 is 0 Å². The van der Waals surface area contributed by atoms with E-state index in [1.165, 1.54) is 0 Å². The fourth-order valence-corrected chi connectivity index (χ4v) is 2.76. The van der Waals surface area contributed by atoms with Crippen LogP contribution < -0.4 is 0 Å². The van der Waals surface area contributed by atoms with Crippen LogP contribution in [0.5, 0.6) is 0 Å². The van der Waals surface area contributed by atoms with Crippen LogP contribution in [0, 0.1) is 6.92 Å². The van der Waals surface area contributed by atoms with Crippen LogP contribution in [0.1, 0.15) is 5.69 Å². The quantitative estimate of drug-likeness (QED) is 0.546. The van der Waals surface area contributed by atoms with Crippen molar-refractivity contribution in [1.82, 2.24) is 14.8 Å². The average molecular weight is 285 g/mol. The average Bonchev–Trinajstić information content (AvgIpc) is 2.97. The van der Waals surface area contributed by atoms with Gasteiger partial charge in [0.2, 0.25) is 0 Å². The first-order valence-electron chi connectivity index (χ1n) is 7.29. The lowest BCUT2D eigenvalue weighted by atomic mass is 10.1. The number of pyridine rings is 1. The van der Waals surface area contributed by atoms with E-state index in [1.54, 1.807) is 0 Å². The molecule has 0 bridgehead atoms. The van der Waals surface area contributed by atoms with Gasteiger partial charge >= 0.3 is 0 Å². The molecule has 0 spiro atoms. The van der Waals surface area contributed by atoms with Crippen LogP contribution in [0.25, 0.3) is 27.8 Å². The number of nitrogens with zero attached hydrogens (tertiary/aromatic N) is 3. The first kappa shape index (κ1) is 12.8. The molecule has 106 valence electrons. The Balaban J connectivity index is 2.00. The number of fused-ring (bicyclic) bond motifs is 1. The Morgan fingerprint density at radius 2 is 1.68 bits per heavy atom. The zero-order valence-electron chi connectivity index (χ0n) is 12.3. The van der Waals surface area contributed by atoms with Crippen molar-refractivity contribution in [2.75, 3.05) is 0 Å². The molecule has 0 saturated heterocycles. The van der Waals surface area contributed by atoms with Crippen molar-refractivity contribution in [3.63, 3.8) is 0 Å². The minimum atomic E-state index is 0.963. The summed E-state index contributed by atoms with van der Waals surface area (Å²) in [5.74, 6) is 0. The van der Waals surface area contributed by atoms with Gasteiger partial charge < -0.3 is 0 Å². The van der Waals surface area contributed by atoms with Gasteiger partial charge in [-0.2, -0.15) is 5.10 Å². The van der Waals surface area contributed by atoms with E-state index in [9.17, 15) is 0 Å². The SMILES string of the molecule is Cc1cc(-c2ccccc2)n(-c2cccc3cccnc23)n1. The number of hydrogen-bond acceptors (Lipinski definition) is 2. The Bertz CT molecular complexity index is 934. The summed E-state index contributed by atoms with van der Waals surface area (Å²) in [5, 5.41) is 5.80. The molecule has 0 aliphatic rings. The molecule has 2 aromatic heterocycles. The van der Waals surface area contributed by atoms with Crippen molar-refractivity contribution in [3.8, 4) is 16.9 Å². The van der Waals surface area contributed by atoms with Gasteiger partial charge in [-0.1, -0.05) is 48.5 Å². The zero-order valence-corrected chi connectivity index (χ0v) is 12.3. The van der Waals surface area contributed by atoms with Crippen molar-refractivity contribution in [1.29, 1.82) is 0 Å². The summed E-state index contributed by atoms with van der Waals surface area (Å²) in [6.07, 6.45) is 1.82. The smallest absolute Gasteiger partial charge is 0.0959 e. The summed E-state index contributed by atoms with van der Waals surface area (Å²) in [7, 11) is 0. The monoisotopic (exact) mass is 285 g/mol. The molecule has 0 unspecified atom stereocenters. The molecule has 0 amide bonds. The molecule has 0 radical (unpaired) electrons. The van der Waals surface area contributed by atoms with E-state index in [0.717, 1.165) is 33.5 Å². The number of aryl methyl sites for hydroxylation is 1. The van der Waals surface area contributed by atoms with Crippen molar-refractivity contribution < 1.29 is 0 Å². The highest BCUT2D eigenvalue weighted by Crippen LogP contribution is 2.27. The van der Waals surface area contributed by atoms with Crippen LogP contribution in [-0.4, -0.2) is 14.8 Å². The van der Waals surface area contributed by atoms with Crippen molar-refractivity contribution in [3.05, 3.63) is 78.6 Å². The van der Waals surface area contributed by atoms with Crippen molar-refractivity contribution in [2.24, 2.45) is 0 Å². The lowest BCUT2D eigenvalue weighted by Crippen LogP contribution is -2.01. The molecule has 0 saturated carbocycles. The van der Waals surface area contributed by atoms with E-state index in [2.05, 4.69) is 46.5 Å². The maximum absolute atomic E-state index is 4.68. The number of aromatic nitrogens is 3. The minimum absolute atomic E-state index is 0.963. The summed E-state index contributed by atoms with van der Waals surface area (Å²) in [5.41, 5.74) is 5.19. The molecule has 4 rings (SSSR count). The molecule has 2 aromatic carbocycles. The topological polar surface area (TPSA) is 30.7 Å². The van der Waals surface area contributed by atoms with Gasteiger partial charge in [0.05, 0.1) is 22.6 Å². The first-order chi connectivity index (χ1) is 10.8. The van der Waals surface area contributed by atoms with Gasteiger partial charge in [0.25, 0.3) is 0 Å². The van der Waals surface area contributed by atoms with Crippen molar-refractivity contribution in [2.45, 2.75) is 6.92 Å². The highest BCUT2D eigenvalue weighted by atomic mass is 15.3. The summed E-state index contributed by atoms with van der Waals surface area (Å²) in [6, 6.07) is 22.6. The van der Waals surface area contributed by atoms with Gasteiger partial charge in [-0.15, -0.1) is 0 Å². The Morgan fingerprint density at radius 3 is 2.55 bits per heavy atom. The van der Waals surface area contributed by atoms with Crippen LogP contribution in [0.15, 0.2) is 72.9 Å². The number of para-hydroxylation sites is 1.